The normalized spacial score (nSPS) is 21.8. The fourth-order valence-corrected chi connectivity index (χ4v) is 3.26. The molecule has 0 bridgehead atoms. The molecule has 0 unspecified atom stereocenters. The first-order chi connectivity index (χ1) is 10.0. The molecule has 0 atom stereocenters. The molecule has 1 aliphatic carbocycles. The molecule has 116 valence electrons. The van der Waals surface area contributed by atoms with Crippen LogP contribution in [0.1, 0.15) is 40.2 Å². The quantitative estimate of drug-likeness (QED) is 0.770. The van der Waals surface area contributed by atoms with Gasteiger partial charge in [-0.15, -0.1) is 11.3 Å². The number of rotatable bonds is 5. The molecule has 0 saturated heterocycles. The van der Waals surface area contributed by atoms with E-state index in [1.54, 1.807) is 6.07 Å². The Hall–Kier alpha value is -1.40. The molecule has 0 aliphatic heterocycles. The molecule has 6 heteroatoms. The maximum Gasteiger partial charge on any atom is 0.261 e. The topological polar surface area (TPSA) is 78.4 Å². The predicted octanol–water partition coefficient (Wildman–Crippen LogP) is 1.45. The number of amides is 2. The highest BCUT2D eigenvalue weighted by Crippen LogP contribution is 2.23. The third-order valence-corrected chi connectivity index (χ3v) is 4.78. The molecular weight excluding hydrogens is 288 g/mol. The van der Waals surface area contributed by atoms with E-state index in [1.165, 1.54) is 11.3 Å². The van der Waals surface area contributed by atoms with Gasteiger partial charge in [0.25, 0.3) is 5.91 Å². The summed E-state index contributed by atoms with van der Waals surface area (Å²) in [5, 5.41) is 14.9. The molecule has 3 N–H and O–H groups in total. The second-order valence-corrected chi connectivity index (χ2v) is 6.86. The van der Waals surface area contributed by atoms with Crippen LogP contribution in [-0.4, -0.2) is 36.1 Å². The number of aliphatic hydroxyl groups is 1. The maximum absolute atomic E-state index is 11.8. The lowest BCUT2D eigenvalue weighted by Crippen LogP contribution is -2.39. The molecule has 1 saturated carbocycles. The molecule has 5 nitrogen and oxygen atoms in total. The van der Waals surface area contributed by atoms with Crippen molar-refractivity contribution in [3.05, 3.63) is 21.9 Å². The summed E-state index contributed by atoms with van der Waals surface area (Å²) in [6, 6.07) is 3.65. The molecule has 2 rings (SSSR count). The minimum absolute atomic E-state index is 0.00509. The van der Waals surface area contributed by atoms with Gasteiger partial charge in [0, 0.05) is 11.4 Å². The van der Waals surface area contributed by atoms with Crippen molar-refractivity contribution in [2.75, 3.05) is 13.1 Å². The lowest BCUT2D eigenvalue weighted by molar-refractivity contribution is -0.120. The van der Waals surface area contributed by atoms with Crippen molar-refractivity contribution in [3.8, 4) is 0 Å². The van der Waals surface area contributed by atoms with Crippen LogP contribution in [-0.2, 0) is 4.79 Å². The third-order valence-electron chi connectivity index (χ3n) is 3.78. The second kappa shape index (κ2) is 7.56. The fraction of sp³-hybridized carbons (Fsp3) is 0.600. The first kappa shape index (κ1) is 16.0. The number of carbonyl (C=O) groups is 2. The number of hydrogen-bond donors (Lipinski definition) is 3. The number of hydrogen-bond acceptors (Lipinski definition) is 4. The van der Waals surface area contributed by atoms with Crippen molar-refractivity contribution in [1.82, 2.24) is 10.6 Å². The SMILES string of the molecule is Cc1ccc(C(=O)NCC(=O)NCC2CCC(O)CC2)s1. The number of nitrogens with one attached hydrogen (secondary N) is 2. The zero-order valence-corrected chi connectivity index (χ0v) is 13.0. The Bertz CT molecular complexity index is 493. The maximum atomic E-state index is 11.8. The van der Waals surface area contributed by atoms with Crippen molar-refractivity contribution < 1.29 is 14.7 Å². The third kappa shape index (κ3) is 5.13. The zero-order chi connectivity index (χ0) is 15.2. The first-order valence-electron chi connectivity index (χ1n) is 7.34. The minimum atomic E-state index is -0.205. The van der Waals surface area contributed by atoms with E-state index in [9.17, 15) is 14.7 Å². The van der Waals surface area contributed by atoms with Gasteiger partial charge in [0.1, 0.15) is 0 Å². The Balaban J connectivity index is 1.64. The lowest BCUT2D eigenvalue weighted by Gasteiger charge is -2.25. The van der Waals surface area contributed by atoms with Gasteiger partial charge >= 0.3 is 0 Å². The Morgan fingerprint density at radius 3 is 2.57 bits per heavy atom. The fourth-order valence-electron chi connectivity index (χ4n) is 2.47. The van der Waals surface area contributed by atoms with Gasteiger partial charge in [-0.25, -0.2) is 0 Å². The summed E-state index contributed by atoms with van der Waals surface area (Å²) in [4.78, 5) is 25.2. The van der Waals surface area contributed by atoms with Crippen LogP contribution in [0.15, 0.2) is 12.1 Å². The van der Waals surface area contributed by atoms with Gasteiger partial charge in [0.15, 0.2) is 0 Å². The molecule has 2 amide bonds. The first-order valence-corrected chi connectivity index (χ1v) is 8.15. The smallest absolute Gasteiger partial charge is 0.261 e. The van der Waals surface area contributed by atoms with Gasteiger partial charge < -0.3 is 15.7 Å². The van der Waals surface area contributed by atoms with Crippen LogP contribution in [0.3, 0.4) is 0 Å². The van der Waals surface area contributed by atoms with Crippen LogP contribution in [0.5, 0.6) is 0 Å². The van der Waals surface area contributed by atoms with Gasteiger partial charge in [-0.2, -0.15) is 0 Å². The highest BCUT2D eigenvalue weighted by Gasteiger charge is 2.19. The summed E-state index contributed by atoms with van der Waals surface area (Å²) in [7, 11) is 0. The van der Waals surface area contributed by atoms with Crippen molar-refractivity contribution in [2.45, 2.75) is 38.7 Å². The number of aliphatic hydroxyl groups excluding tert-OH is 1. The van der Waals surface area contributed by atoms with Crippen LogP contribution in [0.4, 0.5) is 0 Å². The van der Waals surface area contributed by atoms with E-state index < -0.39 is 0 Å². The van der Waals surface area contributed by atoms with E-state index in [1.807, 2.05) is 13.0 Å². The molecule has 1 aromatic heterocycles. The van der Waals surface area contributed by atoms with Gasteiger partial charge in [-0.05, 0) is 50.7 Å². The molecule has 1 fully saturated rings. The molecule has 0 aromatic carbocycles. The molecule has 21 heavy (non-hydrogen) atoms. The Kier molecular flexibility index (Phi) is 5.76. The Morgan fingerprint density at radius 1 is 1.24 bits per heavy atom. The molecule has 0 spiro atoms. The molecule has 1 aromatic rings. The van der Waals surface area contributed by atoms with Crippen LogP contribution in [0.25, 0.3) is 0 Å². The average Bonchev–Trinajstić information content (AvgIpc) is 2.91. The summed E-state index contributed by atoms with van der Waals surface area (Å²) in [6.07, 6.45) is 3.35. The van der Waals surface area contributed by atoms with E-state index in [2.05, 4.69) is 10.6 Å². The predicted molar refractivity (Wildman–Crippen MR) is 82.4 cm³/mol. The lowest BCUT2D eigenvalue weighted by atomic mass is 9.87. The summed E-state index contributed by atoms with van der Waals surface area (Å²) < 4.78 is 0. The van der Waals surface area contributed by atoms with Crippen LogP contribution in [0.2, 0.25) is 0 Å². The molecule has 1 heterocycles. The number of thiophene rings is 1. The minimum Gasteiger partial charge on any atom is -0.393 e. The molecule has 1 aliphatic rings. The van der Waals surface area contributed by atoms with E-state index in [-0.39, 0.29) is 24.5 Å². The van der Waals surface area contributed by atoms with Crippen molar-refractivity contribution in [1.29, 1.82) is 0 Å². The van der Waals surface area contributed by atoms with Crippen molar-refractivity contribution >= 4 is 23.2 Å². The second-order valence-electron chi connectivity index (χ2n) is 5.57. The monoisotopic (exact) mass is 310 g/mol. The largest absolute Gasteiger partial charge is 0.393 e. The Morgan fingerprint density at radius 2 is 1.95 bits per heavy atom. The molecule has 0 radical (unpaired) electrons. The van der Waals surface area contributed by atoms with Crippen LogP contribution in [0, 0.1) is 12.8 Å². The summed E-state index contributed by atoms with van der Waals surface area (Å²) >= 11 is 1.42. The van der Waals surface area contributed by atoms with Gasteiger partial charge in [0.2, 0.25) is 5.91 Å². The van der Waals surface area contributed by atoms with Gasteiger partial charge in [-0.1, -0.05) is 0 Å². The Labute approximate surface area is 128 Å². The van der Waals surface area contributed by atoms with Crippen molar-refractivity contribution in [2.24, 2.45) is 5.92 Å². The van der Waals surface area contributed by atoms with Gasteiger partial charge in [0.05, 0.1) is 17.5 Å². The number of carbonyl (C=O) groups excluding carboxylic acids is 2. The van der Waals surface area contributed by atoms with Gasteiger partial charge in [-0.3, -0.25) is 9.59 Å². The van der Waals surface area contributed by atoms with E-state index in [0.29, 0.717) is 17.3 Å². The summed E-state index contributed by atoms with van der Waals surface area (Å²) in [5.41, 5.74) is 0. The molecular formula is C15H22N2O3S. The van der Waals surface area contributed by atoms with E-state index >= 15 is 0 Å². The van der Waals surface area contributed by atoms with E-state index in [4.69, 9.17) is 0 Å². The zero-order valence-electron chi connectivity index (χ0n) is 12.2. The van der Waals surface area contributed by atoms with Crippen molar-refractivity contribution in [3.63, 3.8) is 0 Å². The summed E-state index contributed by atoms with van der Waals surface area (Å²) in [6.45, 7) is 2.57. The standard InChI is InChI=1S/C15H22N2O3S/c1-10-2-7-13(21-10)15(20)17-9-14(19)16-8-11-3-5-12(18)6-4-11/h2,7,11-12,18H,3-6,8-9H2,1H3,(H,16,19)(H,17,20). The highest BCUT2D eigenvalue weighted by molar-refractivity contribution is 7.13. The highest BCUT2D eigenvalue weighted by atomic mass is 32.1. The van der Waals surface area contributed by atoms with Crippen LogP contribution >= 0.6 is 11.3 Å². The summed E-state index contributed by atoms with van der Waals surface area (Å²) in [5.74, 6) is 0.0692. The van der Waals surface area contributed by atoms with E-state index in [0.717, 1.165) is 30.6 Å². The average molecular weight is 310 g/mol. The number of aryl methyl sites for hydroxylation is 1. The van der Waals surface area contributed by atoms with Crippen LogP contribution < -0.4 is 10.6 Å².